The fraction of sp³-hybridized carbons (Fsp3) is 0.500. The van der Waals surface area contributed by atoms with E-state index >= 15 is 0 Å². The lowest BCUT2D eigenvalue weighted by Gasteiger charge is -2.13. The SMILES string of the molecule is CN(C)CCSCC(N)c1ccc(F)cc1. The predicted molar refractivity (Wildman–Crippen MR) is 69.2 cm³/mol. The third-order valence-corrected chi connectivity index (χ3v) is 3.34. The summed E-state index contributed by atoms with van der Waals surface area (Å²) in [5.41, 5.74) is 7.00. The van der Waals surface area contributed by atoms with E-state index in [0.717, 1.165) is 23.6 Å². The van der Waals surface area contributed by atoms with Crippen molar-refractivity contribution in [2.45, 2.75) is 6.04 Å². The summed E-state index contributed by atoms with van der Waals surface area (Å²) in [5.74, 6) is 1.73. The molecule has 1 unspecified atom stereocenters. The third-order valence-electron chi connectivity index (χ3n) is 2.28. The maximum atomic E-state index is 12.7. The number of thioether (sulfide) groups is 1. The first-order valence-electron chi connectivity index (χ1n) is 5.33. The van der Waals surface area contributed by atoms with Gasteiger partial charge in [0.2, 0.25) is 0 Å². The van der Waals surface area contributed by atoms with Crippen LogP contribution in [0, 0.1) is 5.82 Å². The predicted octanol–water partition coefficient (Wildman–Crippen LogP) is 2.12. The summed E-state index contributed by atoms with van der Waals surface area (Å²) in [6.45, 7) is 1.06. The van der Waals surface area contributed by atoms with E-state index in [9.17, 15) is 4.39 Å². The van der Waals surface area contributed by atoms with Crippen LogP contribution >= 0.6 is 11.8 Å². The molecule has 0 saturated heterocycles. The number of nitrogens with two attached hydrogens (primary N) is 1. The largest absolute Gasteiger partial charge is 0.323 e. The van der Waals surface area contributed by atoms with Crippen LogP contribution < -0.4 is 5.73 Å². The molecule has 0 heterocycles. The zero-order valence-electron chi connectivity index (χ0n) is 9.82. The van der Waals surface area contributed by atoms with Crippen molar-refractivity contribution in [3.05, 3.63) is 35.6 Å². The molecule has 1 aromatic carbocycles. The molecular formula is C12H19FN2S. The van der Waals surface area contributed by atoms with Crippen molar-refractivity contribution < 1.29 is 4.39 Å². The van der Waals surface area contributed by atoms with Crippen LogP contribution in [0.15, 0.2) is 24.3 Å². The molecule has 2 N–H and O–H groups in total. The fourth-order valence-corrected chi connectivity index (χ4v) is 2.37. The molecule has 16 heavy (non-hydrogen) atoms. The highest BCUT2D eigenvalue weighted by atomic mass is 32.2. The average molecular weight is 242 g/mol. The van der Waals surface area contributed by atoms with Crippen molar-refractivity contribution in [2.24, 2.45) is 5.73 Å². The van der Waals surface area contributed by atoms with Crippen molar-refractivity contribution >= 4 is 11.8 Å². The third kappa shape index (κ3) is 4.96. The molecule has 1 aromatic rings. The van der Waals surface area contributed by atoms with Crippen molar-refractivity contribution in [1.29, 1.82) is 0 Å². The second-order valence-electron chi connectivity index (χ2n) is 4.04. The van der Waals surface area contributed by atoms with Gasteiger partial charge in [-0.15, -0.1) is 0 Å². The first-order valence-corrected chi connectivity index (χ1v) is 6.48. The number of hydrogen-bond acceptors (Lipinski definition) is 3. The number of hydrogen-bond donors (Lipinski definition) is 1. The Morgan fingerprint density at radius 1 is 1.31 bits per heavy atom. The smallest absolute Gasteiger partial charge is 0.123 e. The number of benzene rings is 1. The lowest BCUT2D eigenvalue weighted by Crippen LogP contribution is -2.17. The van der Waals surface area contributed by atoms with Gasteiger partial charge in [-0.2, -0.15) is 11.8 Å². The van der Waals surface area contributed by atoms with E-state index in [1.807, 2.05) is 11.8 Å². The van der Waals surface area contributed by atoms with Gasteiger partial charge in [-0.25, -0.2) is 4.39 Å². The summed E-state index contributed by atoms with van der Waals surface area (Å²) in [6.07, 6.45) is 0. The molecule has 2 nitrogen and oxygen atoms in total. The molecule has 0 bridgehead atoms. The molecule has 0 aliphatic rings. The number of nitrogens with zero attached hydrogens (tertiary/aromatic N) is 1. The second kappa shape index (κ2) is 6.89. The van der Waals surface area contributed by atoms with Crippen molar-refractivity contribution in [3.8, 4) is 0 Å². The van der Waals surface area contributed by atoms with Crippen LogP contribution in [0.5, 0.6) is 0 Å². The van der Waals surface area contributed by atoms with E-state index in [1.54, 1.807) is 12.1 Å². The van der Waals surface area contributed by atoms with E-state index in [-0.39, 0.29) is 11.9 Å². The Morgan fingerprint density at radius 2 is 1.94 bits per heavy atom. The molecule has 0 amide bonds. The van der Waals surface area contributed by atoms with E-state index in [1.165, 1.54) is 12.1 Å². The first-order chi connectivity index (χ1) is 7.59. The number of halogens is 1. The lowest BCUT2D eigenvalue weighted by molar-refractivity contribution is 0.437. The summed E-state index contributed by atoms with van der Waals surface area (Å²) in [5, 5.41) is 0. The highest BCUT2D eigenvalue weighted by Crippen LogP contribution is 2.16. The average Bonchev–Trinajstić information content (AvgIpc) is 2.25. The van der Waals surface area contributed by atoms with Gasteiger partial charge in [0.05, 0.1) is 0 Å². The second-order valence-corrected chi connectivity index (χ2v) is 5.19. The van der Waals surface area contributed by atoms with Gasteiger partial charge in [-0.1, -0.05) is 12.1 Å². The lowest BCUT2D eigenvalue weighted by atomic mass is 10.1. The van der Waals surface area contributed by atoms with Crippen LogP contribution in [0.3, 0.4) is 0 Å². The summed E-state index contributed by atoms with van der Waals surface area (Å²) in [6, 6.07) is 6.42. The Balaban J connectivity index is 2.29. The van der Waals surface area contributed by atoms with Gasteiger partial charge in [0.15, 0.2) is 0 Å². The monoisotopic (exact) mass is 242 g/mol. The van der Waals surface area contributed by atoms with Crippen LogP contribution in [-0.4, -0.2) is 37.0 Å². The van der Waals surface area contributed by atoms with E-state index in [4.69, 9.17) is 5.73 Å². The van der Waals surface area contributed by atoms with Crippen LogP contribution in [0.25, 0.3) is 0 Å². The van der Waals surface area contributed by atoms with Gasteiger partial charge in [-0.3, -0.25) is 0 Å². The van der Waals surface area contributed by atoms with Crippen LogP contribution in [0.2, 0.25) is 0 Å². The summed E-state index contributed by atoms with van der Waals surface area (Å²) < 4.78 is 12.7. The molecule has 0 fully saturated rings. The molecule has 1 rings (SSSR count). The molecule has 0 aliphatic heterocycles. The van der Waals surface area contributed by atoms with Crippen molar-refractivity contribution in [2.75, 3.05) is 32.1 Å². The molecule has 1 atom stereocenters. The minimum atomic E-state index is -0.212. The molecule has 0 saturated carbocycles. The Kier molecular flexibility index (Phi) is 5.80. The summed E-state index contributed by atoms with van der Waals surface area (Å²) >= 11 is 1.83. The maximum Gasteiger partial charge on any atom is 0.123 e. The van der Waals surface area contributed by atoms with Gasteiger partial charge >= 0.3 is 0 Å². The van der Waals surface area contributed by atoms with Crippen LogP contribution in [0.1, 0.15) is 11.6 Å². The molecule has 0 aromatic heterocycles. The Hall–Kier alpha value is -0.580. The zero-order valence-corrected chi connectivity index (χ0v) is 10.6. The van der Waals surface area contributed by atoms with E-state index in [2.05, 4.69) is 19.0 Å². The summed E-state index contributed by atoms with van der Waals surface area (Å²) in [4.78, 5) is 2.15. The molecule has 4 heteroatoms. The standard InChI is InChI=1S/C12H19FN2S/c1-15(2)7-8-16-9-12(14)10-3-5-11(13)6-4-10/h3-6,12H,7-9,14H2,1-2H3. The van der Waals surface area contributed by atoms with Gasteiger partial charge in [0.25, 0.3) is 0 Å². The topological polar surface area (TPSA) is 29.3 Å². The Labute approximate surface area is 101 Å². The van der Waals surface area contributed by atoms with Crippen LogP contribution in [0.4, 0.5) is 4.39 Å². The van der Waals surface area contributed by atoms with Crippen molar-refractivity contribution in [1.82, 2.24) is 4.90 Å². The van der Waals surface area contributed by atoms with Crippen molar-refractivity contribution in [3.63, 3.8) is 0 Å². The summed E-state index contributed by atoms with van der Waals surface area (Å²) in [7, 11) is 4.11. The normalized spacial score (nSPS) is 13.1. The van der Waals surface area contributed by atoms with Gasteiger partial charge in [0.1, 0.15) is 5.82 Å². The minimum Gasteiger partial charge on any atom is -0.323 e. The molecular weight excluding hydrogens is 223 g/mol. The van der Waals surface area contributed by atoms with E-state index in [0.29, 0.717) is 0 Å². The highest BCUT2D eigenvalue weighted by molar-refractivity contribution is 7.99. The molecule has 0 spiro atoms. The number of rotatable bonds is 6. The maximum absolute atomic E-state index is 12.7. The Morgan fingerprint density at radius 3 is 2.50 bits per heavy atom. The molecule has 0 aliphatic carbocycles. The zero-order chi connectivity index (χ0) is 12.0. The van der Waals surface area contributed by atoms with Crippen LogP contribution in [-0.2, 0) is 0 Å². The quantitative estimate of drug-likeness (QED) is 0.775. The highest BCUT2D eigenvalue weighted by Gasteiger charge is 2.05. The molecule has 90 valence electrons. The first kappa shape index (κ1) is 13.5. The van der Waals surface area contributed by atoms with Gasteiger partial charge in [-0.05, 0) is 31.8 Å². The van der Waals surface area contributed by atoms with Gasteiger partial charge < -0.3 is 10.6 Å². The van der Waals surface area contributed by atoms with E-state index < -0.39 is 0 Å². The Bertz CT molecular complexity index is 300. The molecule has 0 radical (unpaired) electrons. The van der Waals surface area contributed by atoms with Gasteiger partial charge in [0, 0.05) is 24.1 Å². The minimum absolute atomic E-state index is 0.00670. The fourth-order valence-electron chi connectivity index (χ4n) is 1.26.